The van der Waals surface area contributed by atoms with Crippen molar-refractivity contribution in [2.45, 2.75) is 33.6 Å². The average molecular weight is 346 g/mol. The van der Waals surface area contributed by atoms with Gasteiger partial charge >= 0.3 is 17.1 Å². The van der Waals surface area contributed by atoms with E-state index >= 15 is 0 Å². The predicted octanol–water partition coefficient (Wildman–Crippen LogP) is 6.20. The molecule has 0 N–H and O–H groups in total. The van der Waals surface area contributed by atoms with Crippen LogP contribution in [0.4, 0.5) is 0 Å². The van der Waals surface area contributed by atoms with E-state index in [0.717, 1.165) is 0 Å². The first-order chi connectivity index (χ1) is 10.5. The molecule has 0 spiro atoms. The van der Waals surface area contributed by atoms with Gasteiger partial charge in [0.15, 0.2) is 0 Å². The van der Waals surface area contributed by atoms with Crippen molar-refractivity contribution in [2.24, 2.45) is 16.7 Å². The minimum Gasteiger partial charge on any atom is -0.214 e. The van der Waals surface area contributed by atoms with Crippen LogP contribution in [0.15, 0.2) is 72.3 Å². The smallest absolute Gasteiger partial charge is 0.214 e. The molecule has 0 saturated heterocycles. The number of allylic oxidation sites excluding steroid dienone is 2. The number of rotatable bonds is 1. The molecule has 2 aromatic carbocycles. The normalized spacial score (nSPS) is 29.1. The molecule has 23 heavy (non-hydrogen) atoms. The topological polar surface area (TPSA) is 0 Å². The largest absolute Gasteiger partial charge is 2.00 e. The summed E-state index contributed by atoms with van der Waals surface area (Å²) in [4.78, 5) is 0. The van der Waals surface area contributed by atoms with Crippen molar-refractivity contribution in [1.29, 1.82) is 0 Å². The first-order valence-corrected chi connectivity index (χ1v) is 8.26. The Morgan fingerprint density at radius 1 is 1.13 bits per heavy atom. The summed E-state index contributed by atoms with van der Waals surface area (Å²) in [7, 11) is 0. The maximum atomic E-state index is 4.40. The molecule has 2 aliphatic rings. The van der Waals surface area contributed by atoms with E-state index in [9.17, 15) is 0 Å². The van der Waals surface area contributed by atoms with Crippen LogP contribution in [0.5, 0.6) is 0 Å². The Balaban J connectivity index is 0.000000276. The van der Waals surface area contributed by atoms with E-state index < -0.39 is 0 Å². The molecular formula is C22H26Fe. The predicted molar refractivity (Wildman–Crippen MR) is 95.8 cm³/mol. The van der Waals surface area contributed by atoms with Crippen LogP contribution in [0, 0.1) is 16.7 Å². The third kappa shape index (κ3) is 2.93. The number of hydrogen-bond donors (Lipinski definition) is 0. The zero-order valence-corrected chi connectivity index (χ0v) is 15.4. The first-order valence-electron chi connectivity index (χ1n) is 8.26. The Morgan fingerprint density at radius 3 is 2.17 bits per heavy atom. The molecule has 0 aliphatic heterocycles. The van der Waals surface area contributed by atoms with Crippen LogP contribution in [-0.2, 0) is 17.1 Å². The van der Waals surface area contributed by atoms with Crippen LogP contribution in [0.25, 0.3) is 6.08 Å². The second-order valence-corrected chi connectivity index (χ2v) is 7.40. The molecule has 2 unspecified atom stereocenters. The zero-order valence-electron chi connectivity index (χ0n) is 14.3. The fraction of sp³-hybridized carbons (Fsp3) is 0.364. The van der Waals surface area contributed by atoms with Crippen molar-refractivity contribution in [3.05, 3.63) is 77.9 Å². The van der Waals surface area contributed by atoms with Crippen LogP contribution in [0.2, 0.25) is 0 Å². The average Bonchev–Trinajstić information content (AvgIpc) is 3.23. The van der Waals surface area contributed by atoms with E-state index in [1.54, 1.807) is 0 Å². The van der Waals surface area contributed by atoms with Gasteiger partial charge in [0.1, 0.15) is 0 Å². The van der Waals surface area contributed by atoms with Gasteiger partial charge in [-0.1, -0.05) is 32.8 Å². The maximum absolute atomic E-state index is 4.40. The van der Waals surface area contributed by atoms with E-state index in [4.69, 9.17) is 0 Å². The second-order valence-electron chi connectivity index (χ2n) is 7.40. The quantitative estimate of drug-likeness (QED) is 0.426. The van der Waals surface area contributed by atoms with Crippen molar-refractivity contribution >= 4 is 6.08 Å². The molecule has 122 valence electrons. The third-order valence-corrected chi connectivity index (χ3v) is 6.18. The van der Waals surface area contributed by atoms with E-state index in [-0.39, 0.29) is 17.1 Å². The Bertz CT molecular complexity index is 638. The monoisotopic (exact) mass is 346 g/mol. The van der Waals surface area contributed by atoms with Gasteiger partial charge in [-0.15, -0.1) is 35.9 Å². The van der Waals surface area contributed by atoms with Crippen LogP contribution < -0.4 is 0 Å². The van der Waals surface area contributed by atoms with Crippen LogP contribution in [0.1, 0.15) is 39.2 Å². The van der Waals surface area contributed by atoms with Crippen LogP contribution in [-0.4, -0.2) is 0 Å². The van der Waals surface area contributed by atoms with Gasteiger partial charge in [-0.2, -0.15) is 30.3 Å². The second kappa shape index (κ2) is 6.67. The minimum absolute atomic E-state index is 0. The van der Waals surface area contributed by atoms with Crippen molar-refractivity contribution in [2.75, 3.05) is 0 Å². The molecule has 0 amide bonds. The first kappa shape index (κ1) is 18.0. The van der Waals surface area contributed by atoms with Crippen molar-refractivity contribution < 1.29 is 17.1 Å². The van der Waals surface area contributed by atoms with Gasteiger partial charge in [0.25, 0.3) is 0 Å². The van der Waals surface area contributed by atoms with Crippen molar-refractivity contribution in [3.8, 4) is 0 Å². The van der Waals surface area contributed by atoms with Gasteiger partial charge < -0.3 is 0 Å². The fourth-order valence-corrected chi connectivity index (χ4v) is 4.29. The SMILES string of the molecule is C=C1C(=C[c-]2cccc2)C2CCC1(C)C2(C)C.[Fe+2].c1cc[cH-]c1. The van der Waals surface area contributed by atoms with Gasteiger partial charge in [0.05, 0.1) is 0 Å². The molecule has 2 fully saturated rings. The summed E-state index contributed by atoms with van der Waals surface area (Å²) < 4.78 is 0. The third-order valence-electron chi connectivity index (χ3n) is 6.18. The summed E-state index contributed by atoms with van der Waals surface area (Å²) in [5.74, 6) is 0.704. The molecule has 2 atom stereocenters. The van der Waals surface area contributed by atoms with Gasteiger partial charge in [0.2, 0.25) is 0 Å². The minimum atomic E-state index is 0. The summed E-state index contributed by atoms with van der Waals surface area (Å²) in [5, 5.41) is 0. The molecule has 0 heterocycles. The van der Waals surface area contributed by atoms with Crippen molar-refractivity contribution in [1.82, 2.24) is 0 Å². The fourth-order valence-electron chi connectivity index (χ4n) is 4.29. The van der Waals surface area contributed by atoms with Crippen LogP contribution in [0.3, 0.4) is 0 Å². The van der Waals surface area contributed by atoms with Gasteiger partial charge in [0, 0.05) is 0 Å². The molecule has 2 saturated carbocycles. The molecule has 4 rings (SSSR count). The molecule has 0 radical (unpaired) electrons. The molecule has 2 bridgehead atoms. The summed E-state index contributed by atoms with van der Waals surface area (Å²) in [6.07, 6.45) is 5.00. The van der Waals surface area contributed by atoms with Gasteiger partial charge in [-0.3, -0.25) is 0 Å². The van der Waals surface area contributed by atoms with E-state index in [0.29, 0.717) is 16.7 Å². The Hall–Kier alpha value is -1.30. The molecule has 1 heteroatoms. The Kier molecular flexibility index (Phi) is 5.23. The summed E-state index contributed by atoms with van der Waals surface area (Å²) in [6, 6.07) is 18.6. The van der Waals surface area contributed by atoms with Crippen molar-refractivity contribution in [3.63, 3.8) is 0 Å². The maximum Gasteiger partial charge on any atom is 2.00 e. The molecule has 2 aliphatic carbocycles. The molecular weight excluding hydrogens is 320 g/mol. The van der Waals surface area contributed by atoms with Gasteiger partial charge in [-0.25, -0.2) is 12.1 Å². The van der Waals surface area contributed by atoms with E-state index in [1.165, 1.54) is 29.6 Å². The molecule has 0 nitrogen and oxygen atoms in total. The Labute approximate surface area is 151 Å². The Morgan fingerprint density at radius 2 is 1.74 bits per heavy atom. The molecule has 2 aromatic rings. The standard InChI is InChI=1S/C17H21.C5H5.Fe/c1-12-14(11-13-7-5-6-8-13)15-9-10-17(12,4)16(15,2)3;1-2-4-5-3-1;/h5-8,11,15H,1,9-10H2,2-4H3;1-5H;/q2*-1;+2. The van der Waals surface area contributed by atoms with Crippen LogP contribution >= 0.6 is 0 Å². The summed E-state index contributed by atoms with van der Waals surface area (Å²) in [5.41, 5.74) is 4.92. The molecule has 0 aromatic heterocycles. The number of fused-ring (bicyclic) bond motifs is 2. The summed E-state index contributed by atoms with van der Waals surface area (Å²) >= 11 is 0. The van der Waals surface area contributed by atoms with Gasteiger partial charge in [-0.05, 0) is 23.2 Å². The van der Waals surface area contributed by atoms with E-state index in [2.05, 4.69) is 57.7 Å². The number of hydrogen-bond acceptors (Lipinski definition) is 0. The zero-order chi connectivity index (χ0) is 15.8. The van der Waals surface area contributed by atoms with E-state index in [1.807, 2.05) is 30.3 Å². The summed E-state index contributed by atoms with van der Waals surface area (Å²) in [6.45, 7) is 11.6.